The first kappa shape index (κ1) is 38.1. The van der Waals surface area contributed by atoms with E-state index in [1.165, 1.54) is 44.2 Å². The maximum Gasteiger partial charge on any atom is 0.239 e. The Balaban J connectivity index is 1.32. The van der Waals surface area contributed by atoms with Gasteiger partial charge in [-0.3, -0.25) is 4.79 Å². The van der Waals surface area contributed by atoms with Crippen LogP contribution in [0.5, 0.6) is 23.0 Å². The topological polar surface area (TPSA) is 308 Å². The molecule has 0 saturated carbocycles. The van der Waals surface area contributed by atoms with E-state index in [0.29, 0.717) is 0 Å². The third-order valence-corrected chi connectivity index (χ3v) is 9.23. The van der Waals surface area contributed by atoms with Crippen LogP contribution in [0.25, 0.3) is 22.3 Å². The van der Waals surface area contributed by atoms with Crippen LogP contribution in [0.15, 0.2) is 45.6 Å². The number of hydrogen-bond donors (Lipinski definition) is 11. The molecule has 0 spiro atoms. The molecule has 6 rings (SSSR count). The Morgan fingerprint density at radius 3 is 1.79 bits per heavy atom. The van der Waals surface area contributed by atoms with E-state index in [0.717, 1.165) is 6.07 Å². The van der Waals surface area contributed by atoms with Crippen LogP contribution < -0.4 is 14.9 Å². The fraction of sp³-hybridized carbons (Fsp3) is 0.545. The van der Waals surface area contributed by atoms with Crippen LogP contribution in [0.1, 0.15) is 13.8 Å². The number of hydrogen-bond acceptors (Lipinski definition) is 19. The van der Waals surface area contributed by atoms with E-state index in [2.05, 4.69) is 0 Å². The number of aromatic hydroxyl groups is 2. The number of aliphatic hydroxyl groups excluding tert-OH is 9. The lowest BCUT2D eigenvalue weighted by Crippen LogP contribution is -2.61. The van der Waals surface area contributed by atoms with E-state index in [-0.39, 0.29) is 28.4 Å². The van der Waals surface area contributed by atoms with Crippen molar-refractivity contribution in [1.82, 2.24) is 0 Å². The van der Waals surface area contributed by atoms with Crippen LogP contribution >= 0.6 is 0 Å². The summed E-state index contributed by atoms with van der Waals surface area (Å²) in [6.07, 6.45) is -23.5. The molecule has 1 aromatic heterocycles. The Bertz CT molecular complexity index is 1770. The second kappa shape index (κ2) is 15.0. The smallest absolute Gasteiger partial charge is 0.239 e. The van der Waals surface area contributed by atoms with Crippen molar-refractivity contribution in [2.45, 2.75) is 106 Å². The van der Waals surface area contributed by atoms with E-state index < -0.39 is 121 Å². The van der Waals surface area contributed by atoms with Crippen molar-refractivity contribution in [3.05, 3.63) is 46.6 Å². The molecule has 0 radical (unpaired) electrons. The zero-order valence-electron chi connectivity index (χ0n) is 27.5. The number of benzene rings is 2. The fourth-order valence-corrected chi connectivity index (χ4v) is 6.09. The van der Waals surface area contributed by atoms with Crippen molar-refractivity contribution in [3.8, 4) is 34.3 Å². The summed E-state index contributed by atoms with van der Waals surface area (Å²) in [7, 11) is 0. The quantitative estimate of drug-likeness (QED) is 0.110. The molecule has 0 amide bonds. The molecule has 3 aromatic rings. The van der Waals surface area contributed by atoms with Gasteiger partial charge in [0.25, 0.3) is 0 Å². The van der Waals surface area contributed by atoms with E-state index >= 15 is 0 Å². The SMILES string of the molecule is C[C@@H]1O[C@@H](OC[C@H]2O[C@@H](Oc3c(-c4ccc(O)cc4)oc4cc(O[C@@H]5O[C@@H](C)[C@H](O)[C@@H](O)[C@H]5O)cc(O)c4c3=O)[C@H](O)[C@@H](O)[C@@H]2O)[C@H](O)[C@H](O)[C@H]1O. The van der Waals surface area contributed by atoms with Gasteiger partial charge in [0.1, 0.15) is 89.3 Å². The molecule has 19 heteroatoms. The van der Waals surface area contributed by atoms with Gasteiger partial charge in [-0.25, -0.2) is 0 Å². The molecule has 0 aliphatic carbocycles. The van der Waals surface area contributed by atoms with Gasteiger partial charge in [0.15, 0.2) is 12.1 Å². The summed E-state index contributed by atoms with van der Waals surface area (Å²) in [6.45, 7) is 2.25. The standard InChI is InChI=1S/C33H40O19/c1-10-19(36)23(40)26(43)31(47-10)46-9-17-21(38)25(42)28(45)33(51-17)52-30-22(39)18-15(35)7-14(49-32-27(44)24(41)20(37)11(2)48-32)8-16(18)50-29(30)12-3-5-13(34)6-4-12/h3-8,10-11,17,19-21,23-28,31-38,40-45H,9H2,1-2H3/t10-,11-,17+,19-,20-,21+,23+,24+,25-,26+,27+,28+,31+,32-,33-/m0/s1. The molecule has 286 valence electrons. The number of phenolic OH excluding ortho intramolecular Hbond substituents is 2. The van der Waals surface area contributed by atoms with Gasteiger partial charge in [0, 0.05) is 17.7 Å². The zero-order valence-corrected chi connectivity index (χ0v) is 27.5. The average molecular weight is 741 g/mol. The molecule has 3 saturated heterocycles. The zero-order chi connectivity index (χ0) is 37.8. The van der Waals surface area contributed by atoms with Crippen LogP contribution in [0.3, 0.4) is 0 Å². The third kappa shape index (κ3) is 7.16. The van der Waals surface area contributed by atoms with Crippen molar-refractivity contribution in [2.24, 2.45) is 0 Å². The minimum absolute atomic E-state index is 0.138. The van der Waals surface area contributed by atoms with Crippen molar-refractivity contribution in [1.29, 1.82) is 0 Å². The minimum Gasteiger partial charge on any atom is -0.508 e. The average Bonchev–Trinajstić information content (AvgIpc) is 3.11. The Morgan fingerprint density at radius 2 is 1.17 bits per heavy atom. The van der Waals surface area contributed by atoms with Gasteiger partial charge in [-0.2, -0.15) is 0 Å². The summed E-state index contributed by atoms with van der Waals surface area (Å²) in [4.78, 5) is 14.0. The van der Waals surface area contributed by atoms with E-state index in [9.17, 15) is 61.0 Å². The van der Waals surface area contributed by atoms with E-state index in [1.807, 2.05) is 0 Å². The van der Waals surface area contributed by atoms with Gasteiger partial charge in [-0.1, -0.05) is 0 Å². The summed E-state index contributed by atoms with van der Waals surface area (Å²) in [5, 5.41) is 114. The number of fused-ring (bicyclic) bond motifs is 1. The largest absolute Gasteiger partial charge is 0.508 e. The van der Waals surface area contributed by atoms with Crippen molar-refractivity contribution < 1.29 is 89.0 Å². The lowest BCUT2D eigenvalue weighted by molar-refractivity contribution is -0.318. The number of phenols is 2. The Hall–Kier alpha value is -3.67. The van der Waals surface area contributed by atoms with Gasteiger partial charge in [0.2, 0.25) is 23.8 Å². The lowest BCUT2D eigenvalue weighted by atomic mass is 9.98. The van der Waals surface area contributed by atoms with Gasteiger partial charge >= 0.3 is 0 Å². The van der Waals surface area contributed by atoms with Crippen molar-refractivity contribution >= 4 is 11.0 Å². The molecule has 2 aromatic carbocycles. The highest BCUT2D eigenvalue weighted by Crippen LogP contribution is 2.38. The van der Waals surface area contributed by atoms with Crippen molar-refractivity contribution in [2.75, 3.05) is 6.61 Å². The molecule has 0 unspecified atom stereocenters. The molecule has 0 bridgehead atoms. The molecule has 19 nitrogen and oxygen atoms in total. The molecular formula is C33H40O19. The predicted molar refractivity (Wildman–Crippen MR) is 170 cm³/mol. The number of ether oxygens (including phenoxy) is 6. The highest BCUT2D eigenvalue weighted by Gasteiger charge is 2.48. The van der Waals surface area contributed by atoms with Crippen LogP contribution in [-0.2, 0) is 18.9 Å². The van der Waals surface area contributed by atoms with Gasteiger partial charge in [0.05, 0.1) is 18.8 Å². The van der Waals surface area contributed by atoms with Gasteiger partial charge in [-0.05, 0) is 38.1 Å². The first-order valence-electron chi connectivity index (χ1n) is 16.2. The normalized spacial score (nSPS) is 38.2. The minimum atomic E-state index is -1.98. The summed E-state index contributed by atoms with van der Waals surface area (Å²) in [6, 6.07) is 7.38. The summed E-state index contributed by atoms with van der Waals surface area (Å²) >= 11 is 0. The molecule has 52 heavy (non-hydrogen) atoms. The van der Waals surface area contributed by atoms with Gasteiger partial charge < -0.3 is 89.0 Å². The molecule has 3 aliphatic heterocycles. The highest BCUT2D eigenvalue weighted by atomic mass is 16.7. The predicted octanol–water partition coefficient (Wildman–Crippen LogP) is -2.89. The fourth-order valence-electron chi connectivity index (χ4n) is 6.09. The second-order valence-electron chi connectivity index (χ2n) is 12.9. The first-order valence-corrected chi connectivity index (χ1v) is 16.2. The van der Waals surface area contributed by atoms with Gasteiger partial charge in [-0.15, -0.1) is 0 Å². The lowest BCUT2D eigenvalue weighted by Gasteiger charge is -2.42. The number of rotatable bonds is 8. The molecule has 3 aliphatic rings. The molecule has 3 fully saturated rings. The molecule has 4 heterocycles. The summed E-state index contributed by atoms with van der Waals surface area (Å²) in [5.74, 6) is -2.01. The Kier molecular flexibility index (Phi) is 11.0. The molecule has 15 atom stereocenters. The Morgan fingerprint density at radius 1 is 0.635 bits per heavy atom. The maximum absolute atomic E-state index is 14.0. The van der Waals surface area contributed by atoms with E-state index in [1.54, 1.807) is 0 Å². The Labute approximate surface area is 293 Å². The van der Waals surface area contributed by atoms with E-state index in [4.69, 9.17) is 32.8 Å². The highest BCUT2D eigenvalue weighted by molar-refractivity contribution is 5.88. The summed E-state index contributed by atoms with van der Waals surface area (Å²) < 4.78 is 39.5. The monoisotopic (exact) mass is 740 g/mol. The molecule has 11 N–H and O–H groups in total. The number of aliphatic hydroxyl groups is 9. The van der Waals surface area contributed by atoms with Crippen LogP contribution in [-0.4, -0.2) is 155 Å². The summed E-state index contributed by atoms with van der Waals surface area (Å²) in [5.41, 5.74) is -1.16. The first-order chi connectivity index (χ1) is 24.6. The van der Waals surface area contributed by atoms with Crippen LogP contribution in [0, 0.1) is 0 Å². The van der Waals surface area contributed by atoms with Crippen molar-refractivity contribution in [3.63, 3.8) is 0 Å². The second-order valence-corrected chi connectivity index (χ2v) is 12.9. The van der Waals surface area contributed by atoms with Crippen LogP contribution in [0.4, 0.5) is 0 Å². The maximum atomic E-state index is 14.0. The molecular weight excluding hydrogens is 700 g/mol. The van der Waals surface area contributed by atoms with Crippen LogP contribution in [0.2, 0.25) is 0 Å². The third-order valence-electron chi connectivity index (χ3n) is 9.23.